The SMILES string of the molecule is Cc1cc(-c2ccccc2)ccc1N1c2ccc(N(c3ccccc3)c3ccccc3)cc2B2c3c1cc1sc4ccccc4c1c3-c1ccccc1N2c1cccc(-c2ccccc2)c1. The van der Waals surface area contributed by atoms with E-state index in [1.807, 2.05) is 11.3 Å². The maximum atomic E-state index is 2.63. The summed E-state index contributed by atoms with van der Waals surface area (Å²) in [5.74, 6) is 0. The van der Waals surface area contributed by atoms with Crippen molar-refractivity contribution in [2.24, 2.45) is 0 Å². The van der Waals surface area contributed by atoms with Crippen molar-refractivity contribution >= 4 is 94.8 Å². The Balaban J connectivity index is 1.14. The molecular formula is C61H42BN3S. The predicted octanol–water partition coefficient (Wildman–Crippen LogP) is 15.9. The normalized spacial score (nSPS) is 12.5. The van der Waals surface area contributed by atoms with Crippen molar-refractivity contribution in [3.8, 4) is 33.4 Å². The fourth-order valence-corrected chi connectivity index (χ4v) is 11.8. The summed E-state index contributed by atoms with van der Waals surface area (Å²) >= 11 is 1.90. The Morgan fingerprint density at radius 3 is 1.74 bits per heavy atom. The molecule has 0 atom stereocenters. The molecule has 0 spiro atoms. The molecule has 3 heterocycles. The van der Waals surface area contributed by atoms with E-state index in [1.165, 1.54) is 92.8 Å². The maximum Gasteiger partial charge on any atom is 0.333 e. The molecule has 310 valence electrons. The lowest BCUT2D eigenvalue weighted by molar-refractivity contribution is 1.24. The quantitative estimate of drug-likeness (QED) is 0.148. The third-order valence-corrected chi connectivity index (χ3v) is 14.6. The Labute approximate surface area is 389 Å². The van der Waals surface area contributed by atoms with Crippen LogP contribution in [-0.2, 0) is 0 Å². The zero-order chi connectivity index (χ0) is 43.7. The van der Waals surface area contributed by atoms with Crippen LogP contribution in [0.4, 0.5) is 45.5 Å². The molecule has 5 heteroatoms. The van der Waals surface area contributed by atoms with Gasteiger partial charge in [0, 0.05) is 71.2 Å². The van der Waals surface area contributed by atoms with Gasteiger partial charge in [-0.3, -0.25) is 0 Å². The van der Waals surface area contributed by atoms with E-state index in [9.17, 15) is 0 Å². The summed E-state index contributed by atoms with van der Waals surface area (Å²) in [6, 6.07) is 87.0. The van der Waals surface area contributed by atoms with E-state index in [2.05, 4.69) is 258 Å². The molecule has 0 aliphatic carbocycles. The molecule has 11 aromatic rings. The lowest BCUT2D eigenvalue weighted by Gasteiger charge is -2.46. The van der Waals surface area contributed by atoms with Gasteiger partial charge >= 0.3 is 6.85 Å². The maximum absolute atomic E-state index is 2.63. The fraction of sp³-hybridized carbons (Fsp3) is 0.0164. The summed E-state index contributed by atoms with van der Waals surface area (Å²) in [5, 5.41) is 2.63. The van der Waals surface area contributed by atoms with Crippen LogP contribution in [0.5, 0.6) is 0 Å². The summed E-state index contributed by atoms with van der Waals surface area (Å²) in [4.78, 5) is 7.60. The highest BCUT2D eigenvalue weighted by atomic mass is 32.1. The van der Waals surface area contributed by atoms with Crippen molar-refractivity contribution in [3.05, 3.63) is 242 Å². The zero-order valence-corrected chi connectivity index (χ0v) is 37.2. The summed E-state index contributed by atoms with van der Waals surface area (Å²) in [5.41, 5.74) is 20.4. The zero-order valence-electron chi connectivity index (χ0n) is 36.3. The molecule has 0 bridgehead atoms. The first kappa shape index (κ1) is 38.4. The molecule has 10 aromatic carbocycles. The van der Waals surface area contributed by atoms with Crippen molar-refractivity contribution in [2.75, 3.05) is 14.6 Å². The largest absolute Gasteiger partial charge is 0.376 e. The van der Waals surface area contributed by atoms with Crippen LogP contribution in [-0.4, -0.2) is 6.85 Å². The number of anilines is 8. The number of aryl methyl sites for hydroxylation is 1. The topological polar surface area (TPSA) is 9.72 Å². The molecule has 0 unspecified atom stereocenters. The average molecular weight is 860 g/mol. The minimum absolute atomic E-state index is 0.178. The molecule has 0 amide bonds. The Hall–Kier alpha value is -8.12. The number of nitrogens with zero attached hydrogens (tertiary/aromatic N) is 3. The van der Waals surface area contributed by atoms with Gasteiger partial charge < -0.3 is 14.6 Å². The monoisotopic (exact) mass is 859 g/mol. The second kappa shape index (κ2) is 15.6. The van der Waals surface area contributed by atoms with E-state index in [1.54, 1.807) is 0 Å². The van der Waals surface area contributed by atoms with Gasteiger partial charge in [-0.05, 0) is 136 Å². The fourth-order valence-electron chi connectivity index (χ4n) is 10.7. The third kappa shape index (κ3) is 6.12. The van der Waals surface area contributed by atoms with Crippen LogP contribution in [0.2, 0.25) is 0 Å². The van der Waals surface area contributed by atoms with E-state index in [0.29, 0.717) is 0 Å². The van der Waals surface area contributed by atoms with Gasteiger partial charge in [0.25, 0.3) is 0 Å². The molecular weight excluding hydrogens is 818 g/mol. The first-order valence-corrected chi connectivity index (χ1v) is 23.5. The van der Waals surface area contributed by atoms with Crippen LogP contribution in [0.3, 0.4) is 0 Å². The summed E-state index contributed by atoms with van der Waals surface area (Å²) in [6.07, 6.45) is 0. The van der Waals surface area contributed by atoms with Crippen molar-refractivity contribution in [2.45, 2.75) is 6.92 Å². The van der Waals surface area contributed by atoms with Crippen LogP contribution < -0.4 is 25.5 Å². The van der Waals surface area contributed by atoms with Crippen LogP contribution in [0.1, 0.15) is 5.56 Å². The Morgan fingerprint density at radius 1 is 0.424 bits per heavy atom. The predicted molar refractivity (Wildman–Crippen MR) is 283 cm³/mol. The van der Waals surface area contributed by atoms with Crippen molar-refractivity contribution in [3.63, 3.8) is 0 Å². The molecule has 3 nitrogen and oxygen atoms in total. The lowest BCUT2D eigenvalue weighted by Crippen LogP contribution is -2.61. The Bertz CT molecular complexity index is 3590. The smallest absolute Gasteiger partial charge is 0.333 e. The van der Waals surface area contributed by atoms with Crippen molar-refractivity contribution < 1.29 is 0 Å². The standard InChI is InChI=1S/C61H42BN3S/c1-41-37-45(43-21-8-3-9-22-43)33-35-53(41)64-55-36-34-48(63(46-24-10-4-11-25-46)47-26-12-5-13-27-47)39-52(55)62-61-56(64)40-58-59(51-30-15-17-32-57(51)66-58)60(61)50-29-14-16-31-54(50)65(62)49-28-18-23-44(38-49)42-19-6-2-7-20-42/h2-40H,1H3. The molecule has 0 N–H and O–H groups in total. The van der Waals surface area contributed by atoms with Crippen LogP contribution in [0.15, 0.2) is 237 Å². The molecule has 0 saturated heterocycles. The Kier molecular flexibility index (Phi) is 9.04. The lowest BCUT2D eigenvalue weighted by atomic mass is 9.43. The molecule has 1 aromatic heterocycles. The van der Waals surface area contributed by atoms with Gasteiger partial charge in [-0.15, -0.1) is 11.3 Å². The highest BCUT2D eigenvalue weighted by Crippen LogP contribution is 2.53. The third-order valence-electron chi connectivity index (χ3n) is 13.5. The summed E-state index contributed by atoms with van der Waals surface area (Å²) in [6.45, 7) is 2.10. The molecule has 2 aliphatic heterocycles. The van der Waals surface area contributed by atoms with Gasteiger partial charge in [0.2, 0.25) is 0 Å². The number of para-hydroxylation sites is 3. The van der Waals surface area contributed by atoms with Crippen molar-refractivity contribution in [1.29, 1.82) is 0 Å². The van der Waals surface area contributed by atoms with Gasteiger partial charge in [0.1, 0.15) is 0 Å². The van der Waals surface area contributed by atoms with E-state index >= 15 is 0 Å². The summed E-state index contributed by atoms with van der Waals surface area (Å²) in [7, 11) is 0. The summed E-state index contributed by atoms with van der Waals surface area (Å²) < 4.78 is 2.59. The molecule has 0 saturated carbocycles. The van der Waals surface area contributed by atoms with Gasteiger partial charge in [0.15, 0.2) is 0 Å². The molecule has 0 fully saturated rings. The van der Waals surface area contributed by atoms with Gasteiger partial charge in [-0.2, -0.15) is 0 Å². The minimum atomic E-state index is -0.178. The van der Waals surface area contributed by atoms with Gasteiger partial charge in [-0.25, -0.2) is 0 Å². The first-order chi connectivity index (χ1) is 32.7. The van der Waals surface area contributed by atoms with Crippen molar-refractivity contribution in [1.82, 2.24) is 0 Å². The molecule has 66 heavy (non-hydrogen) atoms. The Morgan fingerprint density at radius 2 is 1.03 bits per heavy atom. The van der Waals surface area contributed by atoms with E-state index in [0.717, 1.165) is 22.7 Å². The minimum Gasteiger partial charge on any atom is -0.376 e. The van der Waals surface area contributed by atoms with Crippen LogP contribution in [0, 0.1) is 6.92 Å². The number of rotatable bonds is 7. The first-order valence-electron chi connectivity index (χ1n) is 22.7. The van der Waals surface area contributed by atoms with Gasteiger partial charge in [-0.1, -0.05) is 152 Å². The second-order valence-corrected chi connectivity index (χ2v) is 18.4. The molecule has 0 radical (unpaired) electrons. The van der Waals surface area contributed by atoms with Crippen LogP contribution in [0.25, 0.3) is 53.6 Å². The molecule has 13 rings (SSSR count). The number of thiophene rings is 1. The highest BCUT2D eigenvalue weighted by molar-refractivity contribution is 7.26. The van der Waals surface area contributed by atoms with E-state index < -0.39 is 0 Å². The van der Waals surface area contributed by atoms with Gasteiger partial charge in [0.05, 0.1) is 0 Å². The molecule has 2 aliphatic rings. The number of hydrogen-bond donors (Lipinski definition) is 0. The van der Waals surface area contributed by atoms with Crippen LogP contribution >= 0.6 is 11.3 Å². The van der Waals surface area contributed by atoms with E-state index in [-0.39, 0.29) is 6.85 Å². The van der Waals surface area contributed by atoms with E-state index in [4.69, 9.17) is 0 Å². The average Bonchev–Trinajstić information content (AvgIpc) is 3.76. The highest BCUT2D eigenvalue weighted by Gasteiger charge is 2.46. The number of fused-ring (bicyclic) bond motifs is 8. The second-order valence-electron chi connectivity index (χ2n) is 17.3. The number of hydrogen-bond acceptors (Lipinski definition) is 4. The number of benzene rings is 10.